The van der Waals surface area contributed by atoms with Crippen LogP contribution in [0.15, 0.2) is 54.6 Å². The number of hydrogen-bond donors (Lipinski definition) is 5. The van der Waals surface area contributed by atoms with Gasteiger partial charge in [0.05, 0.1) is 0 Å². The number of ether oxygens (including phenoxy) is 2. The molecule has 0 aliphatic carbocycles. The number of benzene rings is 2. The first-order chi connectivity index (χ1) is 14.3. The molecule has 2 amide bonds. The van der Waals surface area contributed by atoms with E-state index in [0.29, 0.717) is 5.56 Å². The number of carbonyl (C=O) groups excluding carboxylic acids is 2. The minimum absolute atomic E-state index is 0.0811. The van der Waals surface area contributed by atoms with E-state index in [2.05, 4.69) is 0 Å². The molecule has 1 unspecified atom stereocenters. The third kappa shape index (κ3) is 5.53. The second-order valence-corrected chi connectivity index (χ2v) is 5.83. The van der Waals surface area contributed by atoms with Gasteiger partial charge in [-0.3, -0.25) is 20.4 Å². The highest BCUT2D eigenvalue weighted by Gasteiger charge is 2.52. The number of carboxylic acid groups (broad SMARTS) is 2. The molecule has 0 bridgehead atoms. The monoisotopic (exact) mass is 417 g/mol. The Bertz CT molecular complexity index is 934. The summed E-state index contributed by atoms with van der Waals surface area (Å²) in [4.78, 5) is 47.6. The fourth-order valence-electron chi connectivity index (χ4n) is 2.27. The van der Waals surface area contributed by atoms with Crippen LogP contribution in [-0.4, -0.2) is 46.4 Å². The Morgan fingerprint density at radius 3 is 2.27 bits per heavy atom. The first kappa shape index (κ1) is 22.3. The van der Waals surface area contributed by atoms with E-state index < -0.39 is 36.1 Å². The maximum absolute atomic E-state index is 12.6. The number of carboxylic acids is 2. The molecule has 158 valence electrons. The third-order valence-electron chi connectivity index (χ3n) is 3.70. The molecule has 2 aromatic rings. The van der Waals surface area contributed by atoms with Crippen LogP contribution < -0.4 is 21.3 Å². The van der Waals surface area contributed by atoms with Crippen molar-refractivity contribution in [3.63, 3.8) is 0 Å². The number of aliphatic carboxylic acids is 2. The van der Waals surface area contributed by atoms with Gasteiger partial charge in [-0.2, -0.15) is 0 Å². The maximum atomic E-state index is 12.6. The van der Waals surface area contributed by atoms with Crippen molar-refractivity contribution in [2.45, 2.75) is 12.3 Å². The van der Waals surface area contributed by atoms with Crippen LogP contribution in [0.25, 0.3) is 0 Å². The average Bonchev–Trinajstić information content (AvgIpc) is 2.75. The molecule has 6 N–H and O–H groups in total. The summed E-state index contributed by atoms with van der Waals surface area (Å²) in [5.41, 5.74) is 10.2. The van der Waals surface area contributed by atoms with Crippen LogP contribution in [0.2, 0.25) is 0 Å². The molecule has 0 aliphatic heterocycles. The van der Waals surface area contributed by atoms with Crippen molar-refractivity contribution in [2.24, 2.45) is 5.73 Å². The van der Waals surface area contributed by atoms with Gasteiger partial charge in [0, 0.05) is 12.1 Å². The number of hydrogen-bond acceptors (Lipinski definition) is 7. The lowest BCUT2D eigenvalue weighted by Crippen LogP contribution is -2.62. The van der Waals surface area contributed by atoms with Gasteiger partial charge < -0.3 is 25.4 Å². The van der Waals surface area contributed by atoms with Crippen molar-refractivity contribution in [1.82, 2.24) is 10.9 Å². The Kier molecular flexibility index (Phi) is 7.44. The molecule has 0 spiro atoms. The molecule has 0 aromatic heterocycles. The molecule has 11 nitrogen and oxygen atoms in total. The van der Waals surface area contributed by atoms with Crippen LogP contribution in [0.3, 0.4) is 0 Å². The third-order valence-corrected chi connectivity index (χ3v) is 3.70. The van der Waals surface area contributed by atoms with E-state index in [1.165, 1.54) is 36.4 Å². The summed E-state index contributed by atoms with van der Waals surface area (Å²) in [7, 11) is 0. The van der Waals surface area contributed by atoms with Crippen LogP contribution in [0.5, 0.6) is 5.75 Å². The Labute approximate surface area is 170 Å². The summed E-state index contributed by atoms with van der Waals surface area (Å²) >= 11 is 0. The SMILES string of the molecule is NCc1cccc(C(=O)NNC(=O)C(OCC(=O)O)(Oc2ccccc2)C(=O)O)c1. The molecular weight excluding hydrogens is 398 g/mol. The molecule has 2 rings (SSSR count). The predicted molar refractivity (Wildman–Crippen MR) is 101 cm³/mol. The van der Waals surface area contributed by atoms with Crippen LogP contribution in [0.1, 0.15) is 15.9 Å². The molecule has 30 heavy (non-hydrogen) atoms. The Morgan fingerprint density at radius 1 is 0.967 bits per heavy atom. The number of para-hydroxylation sites is 1. The minimum atomic E-state index is -3.08. The van der Waals surface area contributed by atoms with E-state index in [9.17, 15) is 24.3 Å². The van der Waals surface area contributed by atoms with Crippen molar-refractivity contribution in [1.29, 1.82) is 0 Å². The van der Waals surface area contributed by atoms with Gasteiger partial charge in [0.15, 0.2) is 0 Å². The largest absolute Gasteiger partial charge is 0.480 e. The first-order valence-corrected chi connectivity index (χ1v) is 8.51. The molecule has 0 saturated heterocycles. The molecule has 1 atom stereocenters. The summed E-state index contributed by atoms with van der Waals surface area (Å²) in [6, 6.07) is 13.5. The maximum Gasteiger partial charge on any atom is 0.394 e. The van der Waals surface area contributed by atoms with Gasteiger partial charge >= 0.3 is 23.6 Å². The van der Waals surface area contributed by atoms with E-state index in [1.54, 1.807) is 18.2 Å². The van der Waals surface area contributed by atoms with E-state index in [4.69, 9.17) is 20.3 Å². The zero-order valence-electron chi connectivity index (χ0n) is 15.5. The Hall–Kier alpha value is -3.96. The van der Waals surface area contributed by atoms with Crippen molar-refractivity contribution in [3.05, 3.63) is 65.7 Å². The number of nitrogens with one attached hydrogen (secondary N) is 2. The molecule has 0 saturated carbocycles. The lowest BCUT2D eigenvalue weighted by Gasteiger charge is -2.28. The first-order valence-electron chi connectivity index (χ1n) is 8.51. The molecule has 11 heteroatoms. The lowest BCUT2D eigenvalue weighted by molar-refractivity contribution is -0.214. The Morgan fingerprint density at radius 2 is 1.67 bits per heavy atom. The zero-order valence-corrected chi connectivity index (χ0v) is 15.5. The normalized spacial score (nSPS) is 12.3. The van der Waals surface area contributed by atoms with Gasteiger partial charge in [-0.05, 0) is 29.8 Å². The summed E-state index contributed by atoms with van der Waals surface area (Å²) < 4.78 is 9.98. The van der Waals surface area contributed by atoms with Crippen molar-refractivity contribution >= 4 is 23.8 Å². The quantitative estimate of drug-likeness (QED) is 0.211. The molecular formula is C19H19N3O8. The summed E-state index contributed by atoms with van der Waals surface area (Å²) in [6.07, 6.45) is 0. The zero-order chi connectivity index (χ0) is 22.1. The number of carbonyl (C=O) groups is 4. The van der Waals surface area contributed by atoms with Crippen LogP contribution in [-0.2, 0) is 25.7 Å². The highest BCUT2D eigenvalue weighted by atomic mass is 16.7. The number of nitrogens with two attached hydrogens (primary N) is 1. The van der Waals surface area contributed by atoms with Gasteiger partial charge in [-0.25, -0.2) is 9.59 Å². The second-order valence-electron chi connectivity index (χ2n) is 5.83. The van der Waals surface area contributed by atoms with Crippen LogP contribution >= 0.6 is 0 Å². The molecule has 0 heterocycles. The van der Waals surface area contributed by atoms with E-state index >= 15 is 0 Å². The lowest BCUT2D eigenvalue weighted by atomic mass is 10.1. The van der Waals surface area contributed by atoms with E-state index in [1.807, 2.05) is 10.9 Å². The van der Waals surface area contributed by atoms with Crippen molar-refractivity contribution < 1.29 is 38.9 Å². The predicted octanol–water partition coefficient (Wildman–Crippen LogP) is -0.133. The average molecular weight is 417 g/mol. The minimum Gasteiger partial charge on any atom is -0.480 e. The fraction of sp³-hybridized carbons (Fsp3) is 0.158. The van der Waals surface area contributed by atoms with Gasteiger partial charge in [-0.1, -0.05) is 30.3 Å². The van der Waals surface area contributed by atoms with E-state index in [0.717, 1.165) is 0 Å². The van der Waals surface area contributed by atoms with Gasteiger partial charge in [-0.15, -0.1) is 0 Å². The number of rotatable bonds is 9. The highest BCUT2D eigenvalue weighted by molar-refractivity contribution is 6.05. The molecule has 0 aliphatic rings. The Balaban J connectivity index is 2.23. The van der Waals surface area contributed by atoms with Gasteiger partial charge in [0.25, 0.3) is 5.91 Å². The highest BCUT2D eigenvalue weighted by Crippen LogP contribution is 2.21. The standard InChI is InChI=1S/C19H19N3O8/c20-10-12-5-4-6-13(9-12)16(25)21-22-17(26)19(18(27)28,29-11-15(23)24)30-14-7-2-1-3-8-14/h1-9H,10-11,20H2,(H,21,25)(H,22,26)(H,23,24)(H,27,28). The molecule has 0 fully saturated rings. The van der Waals surface area contributed by atoms with Crippen molar-refractivity contribution in [3.8, 4) is 5.75 Å². The summed E-state index contributed by atoms with van der Waals surface area (Å²) in [5, 5.41) is 18.4. The number of amides is 2. The van der Waals surface area contributed by atoms with Crippen LogP contribution in [0, 0.1) is 0 Å². The smallest absolute Gasteiger partial charge is 0.394 e. The fourth-order valence-corrected chi connectivity index (χ4v) is 2.27. The summed E-state index contributed by atoms with van der Waals surface area (Å²) in [6.45, 7) is -0.970. The number of hydrazine groups is 1. The topological polar surface area (TPSA) is 177 Å². The van der Waals surface area contributed by atoms with Gasteiger partial charge in [0.1, 0.15) is 12.4 Å². The van der Waals surface area contributed by atoms with Crippen molar-refractivity contribution in [2.75, 3.05) is 6.61 Å². The van der Waals surface area contributed by atoms with Gasteiger partial charge in [0.2, 0.25) is 0 Å². The van der Waals surface area contributed by atoms with E-state index in [-0.39, 0.29) is 17.9 Å². The molecule has 0 radical (unpaired) electrons. The summed E-state index contributed by atoms with van der Waals surface area (Å²) in [5.74, 6) is -8.84. The van der Waals surface area contributed by atoms with Crippen LogP contribution in [0.4, 0.5) is 0 Å². The molecule has 2 aromatic carbocycles. The second kappa shape index (κ2) is 10.0.